The van der Waals surface area contributed by atoms with Crippen molar-refractivity contribution in [3.63, 3.8) is 0 Å². The van der Waals surface area contributed by atoms with Gasteiger partial charge in [-0.1, -0.05) is 6.92 Å². The third kappa shape index (κ3) is 3.38. The summed E-state index contributed by atoms with van der Waals surface area (Å²) in [6.07, 6.45) is 0. The van der Waals surface area contributed by atoms with E-state index in [-0.39, 0.29) is 18.3 Å². The van der Waals surface area contributed by atoms with Gasteiger partial charge in [-0.2, -0.15) is 9.78 Å². The molecular weight excluding hydrogens is 300 g/mol. The van der Waals surface area contributed by atoms with Crippen LogP contribution in [0, 0.1) is 36.8 Å². The Bertz CT molecular complexity index is 761. The molecule has 1 atom stereocenters. The fourth-order valence-corrected chi connectivity index (χ4v) is 2.31. The van der Waals surface area contributed by atoms with Crippen LogP contribution in [0.15, 0.2) is 6.07 Å². The van der Waals surface area contributed by atoms with Crippen molar-refractivity contribution in [2.45, 2.75) is 34.2 Å². The molecule has 0 aliphatic carbocycles. The zero-order valence-corrected chi connectivity index (χ0v) is 13.8. The number of nitrogens with zero attached hydrogens (tertiary/aromatic N) is 5. The van der Waals surface area contributed by atoms with Gasteiger partial charge < -0.3 is 15.4 Å². The molecule has 124 valence electrons. The lowest BCUT2D eigenvalue weighted by Crippen LogP contribution is -2.25. The number of aromatic nitrogens is 4. The second-order valence-electron chi connectivity index (χ2n) is 5.64. The van der Waals surface area contributed by atoms with Crippen LogP contribution < -0.4 is 5.32 Å². The van der Waals surface area contributed by atoms with Crippen molar-refractivity contribution in [3.05, 3.63) is 33.3 Å². The molecule has 2 aromatic rings. The molecule has 1 N–H and O–H groups in total. The summed E-state index contributed by atoms with van der Waals surface area (Å²) >= 11 is 0. The number of hydrogen-bond acceptors (Lipinski definition) is 5. The minimum atomic E-state index is -0.545. The van der Waals surface area contributed by atoms with Crippen molar-refractivity contribution in [2.75, 3.05) is 5.32 Å². The van der Waals surface area contributed by atoms with Crippen LogP contribution in [0.4, 0.5) is 11.5 Å². The van der Waals surface area contributed by atoms with Crippen molar-refractivity contribution < 1.29 is 9.72 Å². The minimum absolute atomic E-state index is 0.179. The molecule has 9 nitrogen and oxygen atoms in total. The van der Waals surface area contributed by atoms with Gasteiger partial charge in [-0.15, -0.1) is 0 Å². The van der Waals surface area contributed by atoms with Crippen LogP contribution in [0.1, 0.15) is 24.0 Å². The first kappa shape index (κ1) is 16.7. The molecule has 0 spiro atoms. The zero-order chi connectivity index (χ0) is 17.3. The SMILES string of the molecule is Cc1nn(C)c(C)c1NC(=O)C(C)Cn1nc([N+](=O)[O-])cc1C. The van der Waals surface area contributed by atoms with E-state index >= 15 is 0 Å². The molecule has 2 aromatic heterocycles. The molecule has 0 aliphatic heterocycles. The van der Waals surface area contributed by atoms with Gasteiger partial charge in [0.1, 0.15) is 0 Å². The first-order valence-corrected chi connectivity index (χ1v) is 7.20. The maximum absolute atomic E-state index is 12.4. The van der Waals surface area contributed by atoms with Gasteiger partial charge in [0.05, 0.1) is 46.4 Å². The highest BCUT2D eigenvalue weighted by Gasteiger charge is 2.22. The zero-order valence-electron chi connectivity index (χ0n) is 13.8. The summed E-state index contributed by atoms with van der Waals surface area (Å²) in [4.78, 5) is 22.6. The number of nitrogens with one attached hydrogen (secondary N) is 1. The maximum atomic E-state index is 12.4. The van der Waals surface area contributed by atoms with Gasteiger partial charge in [-0.25, -0.2) is 0 Å². The molecule has 23 heavy (non-hydrogen) atoms. The van der Waals surface area contributed by atoms with E-state index in [0.29, 0.717) is 11.4 Å². The molecular formula is C14H20N6O3. The Kier molecular flexibility index (Phi) is 4.48. The van der Waals surface area contributed by atoms with Gasteiger partial charge in [-0.3, -0.25) is 9.48 Å². The molecule has 0 bridgehead atoms. The lowest BCUT2D eigenvalue weighted by molar-refractivity contribution is -0.389. The van der Waals surface area contributed by atoms with Gasteiger partial charge in [0.15, 0.2) is 0 Å². The Labute approximate surface area is 133 Å². The van der Waals surface area contributed by atoms with Crippen LogP contribution in [0.2, 0.25) is 0 Å². The normalized spacial score (nSPS) is 12.2. The van der Waals surface area contributed by atoms with Crippen LogP contribution in [0.25, 0.3) is 0 Å². The Hall–Kier alpha value is -2.71. The predicted octanol–water partition coefficient (Wildman–Crippen LogP) is 1.72. The summed E-state index contributed by atoms with van der Waals surface area (Å²) < 4.78 is 3.18. The van der Waals surface area contributed by atoms with E-state index in [2.05, 4.69) is 15.5 Å². The summed E-state index contributed by atoms with van der Waals surface area (Å²) in [5.41, 5.74) is 2.96. The number of carbonyl (C=O) groups is 1. The molecule has 2 heterocycles. The van der Waals surface area contributed by atoms with Gasteiger partial charge in [-0.05, 0) is 25.7 Å². The summed E-state index contributed by atoms with van der Waals surface area (Å²) in [6, 6.07) is 1.39. The quantitative estimate of drug-likeness (QED) is 0.666. The molecule has 0 saturated carbocycles. The van der Waals surface area contributed by atoms with Crippen LogP contribution in [0.3, 0.4) is 0 Å². The van der Waals surface area contributed by atoms with Gasteiger partial charge in [0, 0.05) is 7.05 Å². The molecule has 0 saturated heterocycles. The molecule has 9 heteroatoms. The number of aryl methyl sites for hydroxylation is 3. The van der Waals surface area contributed by atoms with Crippen molar-refractivity contribution in [1.29, 1.82) is 0 Å². The third-order valence-corrected chi connectivity index (χ3v) is 3.81. The number of amides is 1. The molecule has 0 aromatic carbocycles. The van der Waals surface area contributed by atoms with E-state index in [1.54, 1.807) is 18.5 Å². The Morgan fingerprint density at radius 1 is 1.39 bits per heavy atom. The van der Waals surface area contributed by atoms with Crippen LogP contribution in [0.5, 0.6) is 0 Å². The Balaban J connectivity index is 2.10. The summed E-state index contributed by atoms with van der Waals surface area (Å²) in [6.45, 7) is 7.45. The van der Waals surface area contributed by atoms with Crippen LogP contribution in [-0.2, 0) is 18.4 Å². The van der Waals surface area contributed by atoms with Crippen molar-refractivity contribution in [2.24, 2.45) is 13.0 Å². The number of rotatable bonds is 5. The van der Waals surface area contributed by atoms with E-state index in [0.717, 1.165) is 11.4 Å². The van der Waals surface area contributed by atoms with Crippen molar-refractivity contribution in [3.8, 4) is 0 Å². The average molecular weight is 320 g/mol. The standard InChI is InChI=1S/C14H20N6O3/c1-8(7-19-9(2)6-12(17-19)20(22)23)14(21)15-13-10(3)16-18(5)11(13)4/h6,8H,7H2,1-5H3,(H,15,21). The average Bonchev–Trinajstić information content (AvgIpc) is 2.94. The fraction of sp³-hybridized carbons (Fsp3) is 0.500. The number of nitro groups is 1. The van der Waals surface area contributed by atoms with Crippen LogP contribution >= 0.6 is 0 Å². The van der Waals surface area contributed by atoms with E-state index in [4.69, 9.17) is 0 Å². The predicted molar refractivity (Wildman–Crippen MR) is 84.1 cm³/mol. The van der Waals surface area contributed by atoms with E-state index < -0.39 is 10.8 Å². The topological polar surface area (TPSA) is 108 Å². The molecule has 1 amide bonds. The Morgan fingerprint density at radius 3 is 2.52 bits per heavy atom. The minimum Gasteiger partial charge on any atom is -0.358 e. The molecule has 0 aliphatic rings. The van der Waals surface area contributed by atoms with Gasteiger partial charge in [0.25, 0.3) is 0 Å². The molecule has 0 fully saturated rings. The fourth-order valence-electron chi connectivity index (χ4n) is 2.31. The van der Waals surface area contributed by atoms with E-state index in [1.807, 2.05) is 20.9 Å². The summed E-state index contributed by atoms with van der Waals surface area (Å²) in [5.74, 6) is -0.789. The first-order chi connectivity index (χ1) is 10.7. The molecule has 2 rings (SSSR count). The number of anilines is 1. The summed E-state index contributed by atoms with van der Waals surface area (Å²) in [7, 11) is 1.81. The summed E-state index contributed by atoms with van der Waals surface area (Å²) in [5, 5.41) is 21.8. The van der Waals surface area contributed by atoms with E-state index in [1.165, 1.54) is 10.7 Å². The van der Waals surface area contributed by atoms with Crippen LogP contribution in [-0.4, -0.2) is 30.4 Å². The van der Waals surface area contributed by atoms with Crippen molar-refractivity contribution in [1.82, 2.24) is 19.6 Å². The van der Waals surface area contributed by atoms with E-state index in [9.17, 15) is 14.9 Å². The lowest BCUT2D eigenvalue weighted by Gasteiger charge is -2.12. The highest BCUT2D eigenvalue weighted by Crippen LogP contribution is 2.20. The highest BCUT2D eigenvalue weighted by molar-refractivity contribution is 5.93. The van der Waals surface area contributed by atoms with Gasteiger partial charge in [0.2, 0.25) is 5.91 Å². The smallest absolute Gasteiger partial charge is 0.358 e. The van der Waals surface area contributed by atoms with Gasteiger partial charge >= 0.3 is 5.82 Å². The molecule has 1 unspecified atom stereocenters. The maximum Gasteiger partial charge on any atom is 0.390 e. The first-order valence-electron chi connectivity index (χ1n) is 7.20. The van der Waals surface area contributed by atoms with Crippen molar-refractivity contribution >= 4 is 17.4 Å². The second kappa shape index (κ2) is 6.19. The third-order valence-electron chi connectivity index (χ3n) is 3.81. The lowest BCUT2D eigenvalue weighted by atomic mass is 10.1. The Morgan fingerprint density at radius 2 is 2.04 bits per heavy atom. The monoisotopic (exact) mass is 320 g/mol. The molecule has 0 radical (unpaired) electrons. The number of carbonyl (C=O) groups excluding carboxylic acids is 1. The second-order valence-corrected chi connectivity index (χ2v) is 5.64. The number of hydrogen-bond donors (Lipinski definition) is 1. The largest absolute Gasteiger partial charge is 0.390 e. The highest BCUT2D eigenvalue weighted by atomic mass is 16.6.